The quantitative estimate of drug-likeness (QED) is 0.921. The molecule has 1 aliphatic rings. The summed E-state index contributed by atoms with van der Waals surface area (Å²) < 4.78 is 1.44. The Morgan fingerprint density at radius 3 is 2.71 bits per heavy atom. The second-order valence-electron chi connectivity index (χ2n) is 5.17. The van der Waals surface area contributed by atoms with E-state index in [-0.39, 0.29) is 17.4 Å². The number of anilines is 1. The summed E-state index contributed by atoms with van der Waals surface area (Å²) in [6.45, 7) is 3.42. The second kappa shape index (κ2) is 5.37. The summed E-state index contributed by atoms with van der Waals surface area (Å²) in [5, 5.41) is 8.55. The van der Waals surface area contributed by atoms with E-state index in [1.165, 1.54) is 4.68 Å². The van der Waals surface area contributed by atoms with Crippen LogP contribution in [-0.2, 0) is 0 Å². The number of benzene rings is 1. The molecule has 2 N–H and O–H groups in total. The van der Waals surface area contributed by atoms with E-state index in [0.717, 1.165) is 31.5 Å². The number of nitrogens with zero attached hydrogens (tertiary/aromatic N) is 4. The van der Waals surface area contributed by atoms with Crippen LogP contribution in [0.5, 0.6) is 0 Å². The van der Waals surface area contributed by atoms with Crippen LogP contribution in [0, 0.1) is 6.92 Å². The molecule has 0 unspecified atom stereocenters. The molecule has 1 fully saturated rings. The summed E-state index contributed by atoms with van der Waals surface area (Å²) in [5.41, 5.74) is 7.90. The first-order valence-corrected chi connectivity index (χ1v) is 7.22. The SMILES string of the molecule is Cc1ccc(-n2nnc(C(=O)N3CCCC3)c2N)cc1Cl. The summed E-state index contributed by atoms with van der Waals surface area (Å²) in [7, 11) is 0. The molecule has 0 atom stereocenters. The molecule has 1 aliphatic heterocycles. The van der Waals surface area contributed by atoms with Gasteiger partial charge in [0.05, 0.1) is 5.69 Å². The fraction of sp³-hybridized carbons (Fsp3) is 0.357. The van der Waals surface area contributed by atoms with Gasteiger partial charge in [0.1, 0.15) is 0 Å². The van der Waals surface area contributed by atoms with Crippen LogP contribution < -0.4 is 5.73 Å². The second-order valence-corrected chi connectivity index (χ2v) is 5.58. The standard InChI is InChI=1S/C14H16ClN5O/c1-9-4-5-10(8-11(9)15)20-13(16)12(17-18-20)14(21)19-6-2-3-7-19/h4-5,8H,2-3,6-7,16H2,1H3. The largest absolute Gasteiger partial charge is 0.382 e. The molecule has 3 rings (SSSR count). The van der Waals surface area contributed by atoms with Gasteiger partial charge in [0.2, 0.25) is 0 Å². The summed E-state index contributed by atoms with van der Waals surface area (Å²) in [4.78, 5) is 14.1. The van der Waals surface area contributed by atoms with Crippen LogP contribution in [0.4, 0.5) is 5.82 Å². The predicted octanol–water partition coefficient (Wildman–Crippen LogP) is 2.05. The van der Waals surface area contributed by atoms with E-state index in [0.29, 0.717) is 10.7 Å². The van der Waals surface area contributed by atoms with E-state index in [1.54, 1.807) is 11.0 Å². The van der Waals surface area contributed by atoms with Crippen LogP contribution in [-0.4, -0.2) is 38.9 Å². The third-order valence-electron chi connectivity index (χ3n) is 3.70. The van der Waals surface area contributed by atoms with Crippen molar-refractivity contribution >= 4 is 23.3 Å². The number of nitrogen functional groups attached to an aromatic ring is 1. The topological polar surface area (TPSA) is 77.0 Å². The van der Waals surface area contributed by atoms with Gasteiger partial charge in [-0.3, -0.25) is 4.79 Å². The molecule has 7 heteroatoms. The summed E-state index contributed by atoms with van der Waals surface area (Å²) in [6, 6.07) is 5.48. The first-order chi connectivity index (χ1) is 10.1. The Morgan fingerprint density at radius 2 is 2.05 bits per heavy atom. The monoisotopic (exact) mass is 305 g/mol. The molecular weight excluding hydrogens is 290 g/mol. The number of aryl methyl sites for hydroxylation is 1. The lowest BCUT2D eigenvalue weighted by molar-refractivity contribution is 0.0788. The molecule has 1 aromatic heterocycles. The fourth-order valence-electron chi connectivity index (χ4n) is 2.42. The number of halogens is 1. The minimum Gasteiger partial charge on any atom is -0.382 e. The van der Waals surface area contributed by atoms with Gasteiger partial charge >= 0.3 is 0 Å². The average Bonchev–Trinajstić information content (AvgIpc) is 3.11. The maximum absolute atomic E-state index is 12.3. The number of nitrogens with two attached hydrogens (primary N) is 1. The number of likely N-dealkylation sites (tertiary alicyclic amines) is 1. The van der Waals surface area contributed by atoms with Gasteiger partial charge < -0.3 is 10.6 Å². The Morgan fingerprint density at radius 1 is 1.33 bits per heavy atom. The number of hydrogen-bond acceptors (Lipinski definition) is 4. The van der Waals surface area contributed by atoms with E-state index < -0.39 is 0 Å². The number of amides is 1. The molecule has 1 amide bonds. The van der Waals surface area contributed by atoms with Crippen molar-refractivity contribution in [3.8, 4) is 5.69 Å². The van der Waals surface area contributed by atoms with Crippen molar-refractivity contribution in [2.45, 2.75) is 19.8 Å². The zero-order valence-electron chi connectivity index (χ0n) is 11.7. The maximum Gasteiger partial charge on any atom is 0.278 e. The predicted molar refractivity (Wildman–Crippen MR) is 80.7 cm³/mol. The molecule has 2 heterocycles. The molecule has 0 aliphatic carbocycles. The summed E-state index contributed by atoms with van der Waals surface area (Å²) in [6.07, 6.45) is 2.04. The van der Waals surface area contributed by atoms with Crippen molar-refractivity contribution in [1.29, 1.82) is 0 Å². The van der Waals surface area contributed by atoms with Gasteiger partial charge in [0.25, 0.3) is 5.91 Å². The number of aromatic nitrogens is 3. The molecule has 2 aromatic rings. The Kier molecular flexibility index (Phi) is 3.55. The van der Waals surface area contributed by atoms with E-state index >= 15 is 0 Å². The van der Waals surface area contributed by atoms with Crippen molar-refractivity contribution in [1.82, 2.24) is 19.9 Å². The van der Waals surface area contributed by atoms with Crippen LogP contribution in [0.2, 0.25) is 5.02 Å². The van der Waals surface area contributed by atoms with Crippen molar-refractivity contribution in [2.24, 2.45) is 0 Å². The van der Waals surface area contributed by atoms with Gasteiger partial charge in [-0.15, -0.1) is 5.10 Å². The molecule has 0 spiro atoms. The highest BCUT2D eigenvalue weighted by atomic mass is 35.5. The lowest BCUT2D eigenvalue weighted by Gasteiger charge is -2.13. The van der Waals surface area contributed by atoms with Crippen molar-refractivity contribution in [3.05, 3.63) is 34.5 Å². The van der Waals surface area contributed by atoms with Gasteiger partial charge in [-0.25, -0.2) is 0 Å². The highest BCUT2D eigenvalue weighted by Gasteiger charge is 2.25. The van der Waals surface area contributed by atoms with Gasteiger partial charge in [-0.05, 0) is 37.5 Å². The van der Waals surface area contributed by atoms with E-state index in [4.69, 9.17) is 17.3 Å². The van der Waals surface area contributed by atoms with E-state index in [2.05, 4.69) is 10.3 Å². The van der Waals surface area contributed by atoms with Gasteiger partial charge in [0.15, 0.2) is 11.5 Å². The molecule has 6 nitrogen and oxygen atoms in total. The third-order valence-corrected chi connectivity index (χ3v) is 4.11. The molecule has 1 saturated heterocycles. The van der Waals surface area contributed by atoms with Crippen LogP contribution in [0.1, 0.15) is 28.9 Å². The third kappa shape index (κ3) is 2.47. The fourth-order valence-corrected chi connectivity index (χ4v) is 2.59. The summed E-state index contributed by atoms with van der Waals surface area (Å²) in [5.74, 6) is 0.0845. The van der Waals surface area contributed by atoms with Crippen molar-refractivity contribution in [2.75, 3.05) is 18.8 Å². The van der Waals surface area contributed by atoms with Crippen LogP contribution in [0.25, 0.3) is 5.69 Å². The molecule has 0 saturated carbocycles. The van der Waals surface area contributed by atoms with E-state index in [9.17, 15) is 4.79 Å². The lowest BCUT2D eigenvalue weighted by atomic mass is 10.2. The van der Waals surface area contributed by atoms with Gasteiger partial charge in [0, 0.05) is 18.1 Å². The highest BCUT2D eigenvalue weighted by molar-refractivity contribution is 6.31. The van der Waals surface area contributed by atoms with Gasteiger partial charge in [-0.1, -0.05) is 22.9 Å². The smallest absolute Gasteiger partial charge is 0.278 e. The lowest BCUT2D eigenvalue weighted by Crippen LogP contribution is -2.28. The molecule has 110 valence electrons. The minimum absolute atomic E-state index is 0.158. The Labute approximate surface area is 127 Å². The highest BCUT2D eigenvalue weighted by Crippen LogP contribution is 2.23. The van der Waals surface area contributed by atoms with Crippen molar-refractivity contribution in [3.63, 3.8) is 0 Å². The first kappa shape index (κ1) is 13.9. The number of rotatable bonds is 2. The average molecular weight is 306 g/mol. The molecule has 21 heavy (non-hydrogen) atoms. The van der Waals surface area contributed by atoms with Crippen LogP contribution in [0.3, 0.4) is 0 Å². The maximum atomic E-state index is 12.3. The number of carbonyl (C=O) groups excluding carboxylic acids is 1. The molecule has 0 radical (unpaired) electrons. The minimum atomic E-state index is -0.158. The zero-order valence-corrected chi connectivity index (χ0v) is 12.5. The van der Waals surface area contributed by atoms with Crippen LogP contribution >= 0.6 is 11.6 Å². The Hall–Kier alpha value is -2.08. The Bertz CT molecular complexity index is 691. The van der Waals surface area contributed by atoms with Crippen molar-refractivity contribution < 1.29 is 4.79 Å². The van der Waals surface area contributed by atoms with E-state index in [1.807, 2.05) is 19.1 Å². The zero-order chi connectivity index (χ0) is 15.0. The normalized spacial score (nSPS) is 14.7. The summed E-state index contributed by atoms with van der Waals surface area (Å²) >= 11 is 6.11. The first-order valence-electron chi connectivity index (χ1n) is 6.85. The molecular formula is C14H16ClN5O. The number of carbonyl (C=O) groups is 1. The molecule has 0 bridgehead atoms. The van der Waals surface area contributed by atoms with Crippen LogP contribution in [0.15, 0.2) is 18.2 Å². The van der Waals surface area contributed by atoms with Gasteiger partial charge in [-0.2, -0.15) is 4.68 Å². The Balaban J connectivity index is 1.94. The molecule has 1 aromatic carbocycles. The number of hydrogen-bond donors (Lipinski definition) is 1.